The van der Waals surface area contributed by atoms with Crippen molar-refractivity contribution in [2.45, 2.75) is 26.3 Å². The van der Waals surface area contributed by atoms with E-state index in [1.165, 1.54) is 9.08 Å². The minimum atomic E-state index is -0.124. The second-order valence-corrected chi connectivity index (χ2v) is 3.82. The fourth-order valence-corrected chi connectivity index (χ4v) is 1.66. The normalized spacial score (nSPS) is 11.1. The number of unbranched alkanes of at least 4 members (excludes halogenated alkanes) is 1. The molecule has 0 radical (unpaired) electrons. The first-order valence-electron chi connectivity index (χ1n) is 4.97. The van der Waals surface area contributed by atoms with E-state index >= 15 is 0 Å². The molecule has 0 aromatic carbocycles. The molecule has 0 aliphatic rings. The molecule has 0 N–H and O–H groups in total. The minimum absolute atomic E-state index is 0.124. The van der Waals surface area contributed by atoms with Crippen LogP contribution in [-0.2, 0) is 6.54 Å². The lowest BCUT2D eigenvalue weighted by molar-refractivity contribution is 0.554. The highest BCUT2D eigenvalue weighted by Crippen LogP contribution is 2.12. The molecule has 0 saturated heterocycles. The van der Waals surface area contributed by atoms with Crippen molar-refractivity contribution >= 4 is 17.2 Å². The second kappa shape index (κ2) is 4.06. The average molecular weight is 226 g/mol. The van der Waals surface area contributed by atoms with Crippen molar-refractivity contribution < 1.29 is 0 Å². The third kappa shape index (κ3) is 1.77. The number of aromatic nitrogens is 3. The van der Waals surface area contributed by atoms with Crippen molar-refractivity contribution in [1.82, 2.24) is 14.2 Å². The highest BCUT2D eigenvalue weighted by molar-refractivity contribution is 6.33. The van der Waals surface area contributed by atoms with Crippen molar-refractivity contribution in [2.24, 2.45) is 0 Å². The van der Waals surface area contributed by atoms with E-state index < -0.39 is 0 Å². The van der Waals surface area contributed by atoms with Crippen LogP contribution in [0, 0.1) is 0 Å². The Kier molecular flexibility index (Phi) is 2.77. The van der Waals surface area contributed by atoms with Gasteiger partial charge in [0.05, 0.1) is 5.02 Å². The fraction of sp³-hybridized carbons (Fsp3) is 0.400. The molecular weight excluding hydrogens is 214 g/mol. The molecule has 0 fully saturated rings. The zero-order valence-corrected chi connectivity index (χ0v) is 9.24. The van der Waals surface area contributed by atoms with Gasteiger partial charge in [-0.1, -0.05) is 24.9 Å². The number of fused-ring (bicyclic) bond motifs is 1. The Morgan fingerprint density at radius 3 is 3.00 bits per heavy atom. The molecule has 2 aromatic rings. The lowest BCUT2D eigenvalue weighted by Gasteiger charge is -1.94. The minimum Gasteiger partial charge on any atom is -0.249 e. The van der Waals surface area contributed by atoms with Crippen molar-refractivity contribution in [1.29, 1.82) is 0 Å². The largest absolute Gasteiger partial charge is 0.350 e. The Labute approximate surface area is 92.1 Å². The van der Waals surface area contributed by atoms with Crippen LogP contribution in [0.5, 0.6) is 0 Å². The molecule has 0 saturated carbocycles. The number of halogens is 1. The Hall–Kier alpha value is -1.29. The van der Waals surface area contributed by atoms with Crippen LogP contribution < -0.4 is 5.69 Å². The zero-order chi connectivity index (χ0) is 10.8. The Morgan fingerprint density at radius 1 is 1.53 bits per heavy atom. The quantitative estimate of drug-likeness (QED) is 0.801. The van der Waals surface area contributed by atoms with Crippen LogP contribution in [-0.4, -0.2) is 14.2 Å². The molecule has 5 heteroatoms. The van der Waals surface area contributed by atoms with Gasteiger partial charge in [0.25, 0.3) is 0 Å². The number of hydrogen-bond donors (Lipinski definition) is 0. The number of nitrogens with zero attached hydrogens (tertiary/aromatic N) is 3. The molecule has 0 aliphatic carbocycles. The maximum absolute atomic E-state index is 11.8. The van der Waals surface area contributed by atoms with Crippen LogP contribution >= 0.6 is 11.6 Å². The van der Waals surface area contributed by atoms with E-state index in [0.29, 0.717) is 17.2 Å². The fourth-order valence-electron chi connectivity index (χ4n) is 1.46. The van der Waals surface area contributed by atoms with Crippen LogP contribution in [0.15, 0.2) is 23.1 Å². The average Bonchev–Trinajstić information content (AvgIpc) is 2.55. The molecule has 80 valence electrons. The van der Waals surface area contributed by atoms with Crippen LogP contribution in [0.3, 0.4) is 0 Å². The molecule has 0 spiro atoms. The van der Waals surface area contributed by atoms with E-state index in [0.717, 1.165) is 12.8 Å². The first kappa shape index (κ1) is 10.2. The molecule has 2 rings (SSSR count). The van der Waals surface area contributed by atoms with E-state index in [1.54, 1.807) is 18.3 Å². The number of pyridine rings is 1. The molecule has 2 aromatic heterocycles. The van der Waals surface area contributed by atoms with Crippen molar-refractivity contribution in [3.05, 3.63) is 33.8 Å². The third-order valence-electron chi connectivity index (χ3n) is 2.29. The van der Waals surface area contributed by atoms with Gasteiger partial charge in [0.15, 0.2) is 5.65 Å². The smallest absolute Gasteiger partial charge is 0.249 e. The van der Waals surface area contributed by atoms with Crippen molar-refractivity contribution in [3.63, 3.8) is 0 Å². The van der Waals surface area contributed by atoms with Gasteiger partial charge in [-0.3, -0.25) is 0 Å². The van der Waals surface area contributed by atoms with Gasteiger partial charge in [0.2, 0.25) is 0 Å². The van der Waals surface area contributed by atoms with Gasteiger partial charge >= 0.3 is 5.69 Å². The van der Waals surface area contributed by atoms with Crippen molar-refractivity contribution in [2.75, 3.05) is 0 Å². The maximum Gasteiger partial charge on any atom is 0.350 e. The van der Waals surface area contributed by atoms with E-state index in [2.05, 4.69) is 12.0 Å². The summed E-state index contributed by atoms with van der Waals surface area (Å²) in [5.74, 6) is 0. The van der Waals surface area contributed by atoms with Gasteiger partial charge in [-0.25, -0.2) is 13.9 Å². The van der Waals surface area contributed by atoms with Crippen LogP contribution in [0.4, 0.5) is 0 Å². The van der Waals surface area contributed by atoms with Gasteiger partial charge in [-0.05, 0) is 18.6 Å². The van der Waals surface area contributed by atoms with E-state index in [-0.39, 0.29) is 5.69 Å². The molecule has 0 unspecified atom stereocenters. The van der Waals surface area contributed by atoms with E-state index in [4.69, 9.17) is 11.6 Å². The summed E-state index contributed by atoms with van der Waals surface area (Å²) in [6, 6.07) is 3.47. The van der Waals surface area contributed by atoms with Crippen LogP contribution in [0.25, 0.3) is 5.65 Å². The molecular formula is C10H12ClN3O. The number of aryl methyl sites for hydroxylation is 1. The van der Waals surface area contributed by atoms with E-state index in [9.17, 15) is 4.79 Å². The topological polar surface area (TPSA) is 39.3 Å². The molecule has 0 aliphatic heterocycles. The Morgan fingerprint density at radius 2 is 2.33 bits per heavy atom. The summed E-state index contributed by atoms with van der Waals surface area (Å²) >= 11 is 5.94. The highest BCUT2D eigenvalue weighted by Gasteiger charge is 2.07. The summed E-state index contributed by atoms with van der Waals surface area (Å²) in [7, 11) is 0. The zero-order valence-electron chi connectivity index (χ0n) is 8.48. The molecule has 2 heterocycles. The molecule has 4 nitrogen and oxygen atoms in total. The standard InChI is InChI=1S/C10H12ClN3O/c1-2-3-7-14-10(15)13-6-4-5-8(11)9(13)12-14/h4-6H,2-3,7H2,1H3. The first-order chi connectivity index (χ1) is 7.24. The van der Waals surface area contributed by atoms with Gasteiger partial charge in [-0.2, -0.15) is 0 Å². The summed E-state index contributed by atoms with van der Waals surface area (Å²) in [5, 5.41) is 4.69. The van der Waals surface area contributed by atoms with Gasteiger partial charge in [-0.15, -0.1) is 5.10 Å². The van der Waals surface area contributed by atoms with Crippen LogP contribution in [0.2, 0.25) is 5.02 Å². The molecule has 15 heavy (non-hydrogen) atoms. The van der Waals surface area contributed by atoms with Crippen LogP contribution in [0.1, 0.15) is 19.8 Å². The summed E-state index contributed by atoms with van der Waals surface area (Å²) in [5.41, 5.74) is 0.404. The van der Waals surface area contributed by atoms with Gasteiger partial charge in [0, 0.05) is 12.7 Å². The lowest BCUT2D eigenvalue weighted by atomic mass is 10.3. The van der Waals surface area contributed by atoms with Crippen molar-refractivity contribution in [3.8, 4) is 0 Å². The van der Waals surface area contributed by atoms with Gasteiger partial charge < -0.3 is 0 Å². The highest BCUT2D eigenvalue weighted by atomic mass is 35.5. The maximum atomic E-state index is 11.8. The predicted molar refractivity (Wildman–Crippen MR) is 59.4 cm³/mol. The summed E-state index contributed by atoms with van der Waals surface area (Å²) in [6.07, 6.45) is 3.66. The Bertz CT molecular complexity index is 529. The predicted octanol–water partition coefficient (Wildman–Crippen LogP) is 1.95. The third-order valence-corrected chi connectivity index (χ3v) is 2.58. The summed E-state index contributed by atoms with van der Waals surface area (Å²) in [4.78, 5) is 11.8. The summed E-state index contributed by atoms with van der Waals surface area (Å²) in [6.45, 7) is 2.72. The SMILES string of the molecule is CCCCn1nc2c(Cl)cccn2c1=O. The lowest BCUT2D eigenvalue weighted by Crippen LogP contribution is -2.20. The van der Waals surface area contributed by atoms with Gasteiger partial charge in [0.1, 0.15) is 0 Å². The summed E-state index contributed by atoms with van der Waals surface area (Å²) < 4.78 is 2.93. The molecule has 0 bridgehead atoms. The Balaban J connectivity index is 2.54. The first-order valence-corrected chi connectivity index (χ1v) is 5.35. The molecule has 0 amide bonds. The monoisotopic (exact) mass is 225 g/mol. The number of hydrogen-bond acceptors (Lipinski definition) is 2. The second-order valence-electron chi connectivity index (χ2n) is 3.41. The molecule has 0 atom stereocenters. The number of rotatable bonds is 3. The van der Waals surface area contributed by atoms with E-state index in [1.807, 2.05) is 0 Å².